The molecule has 2 aromatic heterocycles. The Kier molecular flexibility index (Phi) is 6.55. The third-order valence-electron chi connectivity index (χ3n) is 4.67. The van der Waals surface area contributed by atoms with Crippen LogP contribution in [0.5, 0.6) is 0 Å². The molecule has 0 aliphatic heterocycles. The number of hydrogen-bond acceptors (Lipinski definition) is 6. The highest BCUT2D eigenvalue weighted by molar-refractivity contribution is 6.30. The van der Waals surface area contributed by atoms with Crippen LogP contribution >= 0.6 is 11.6 Å². The van der Waals surface area contributed by atoms with Crippen LogP contribution in [0.2, 0.25) is 5.02 Å². The average molecular weight is 457 g/mol. The molecule has 3 N–H and O–H groups in total. The normalized spacial score (nSPS) is 11.4. The number of halogens is 1. The number of ether oxygens (including phenoxy) is 1. The highest BCUT2D eigenvalue weighted by Crippen LogP contribution is 2.22. The number of amides is 1. The zero-order valence-electron chi connectivity index (χ0n) is 18.4. The van der Waals surface area contributed by atoms with Crippen molar-refractivity contribution < 1.29 is 14.3 Å². The first-order valence-electron chi connectivity index (χ1n) is 9.99. The topological polar surface area (TPSA) is 116 Å². The van der Waals surface area contributed by atoms with Crippen LogP contribution in [0, 0.1) is 6.92 Å². The summed E-state index contributed by atoms with van der Waals surface area (Å²) in [5.41, 5.74) is 6.75. The van der Waals surface area contributed by atoms with Crippen LogP contribution in [0.1, 0.15) is 42.3 Å². The number of rotatable bonds is 5. The Morgan fingerprint density at radius 3 is 2.50 bits per heavy atom. The summed E-state index contributed by atoms with van der Waals surface area (Å²) < 4.78 is 6.47. The van der Waals surface area contributed by atoms with E-state index < -0.39 is 29.6 Å². The molecule has 8 nitrogen and oxygen atoms in total. The fourth-order valence-corrected chi connectivity index (χ4v) is 3.25. The Bertz CT molecular complexity index is 1240. The van der Waals surface area contributed by atoms with Crippen LogP contribution in [-0.2, 0) is 22.6 Å². The number of nitrogens with zero attached hydrogens (tertiary/aromatic N) is 2. The number of aryl methyl sites for hydroxylation is 1. The first kappa shape index (κ1) is 23.3. The van der Waals surface area contributed by atoms with Gasteiger partial charge in [-0.1, -0.05) is 23.7 Å². The van der Waals surface area contributed by atoms with Crippen LogP contribution < -0.4 is 16.6 Å². The lowest BCUT2D eigenvalue weighted by molar-refractivity contribution is -0.155. The van der Waals surface area contributed by atoms with E-state index in [0.717, 1.165) is 10.1 Å². The van der Waals surface area contributed by atoms with Crippen molar-refractivity contribution in [1.82, 2.24) is 14.9 Å². The second-order valence-electron chi connectivity index (χ2n) is 8.44. The van der Waals surface area contributed by atoms with Gasteiger partial charge in [0.2, 0.25) is 0 Å². The zero-order chi connectivity index (χ0) is 23.6. The van der Waals surface area contributed by atoms with Gasteiger partial charge in [0, 0.05) is 28.8 Å². The maximum atomic E-state index is 13.2. The molecule has 0 aliphatic carbocycles. The van der Waals surface area contributed by atoms with Crippen molar-refractivity contribution in [2.45, 2.75) is 46.4 Å². The van der Waals surface area contributed by atoms with Gasteiger partial charge in [0.25, 0.3) is 11.5 Å². The van der Waals surface area contributed by atoms with Crippen molar-refractivity contribution in [3.05, 3.63) is 68.6 Å². The molecule has 0 unspecified atom stereocenters. The Morgan fingerprint density at radius 2 is 1.88 bits per heavy atom. The summed E-state index contributed by atoms with van der Waals surface area (Å²) in [6.07, 6.45) is 1.52. The summed E-state index contributed by atoms with van der Waals surface area (Å²) in [5.74, 6) is -1.22. The van der Waals surface area contributed by atoms with E-state index in [9.17, 15) is 14.4 Å². The highest BCUT2D eigenvalue weighted by Gasteiger charge is 2.22. The fourth-order valence-electron chi connectivity index (χ4n) is 3.13. The molecular formula is C23H25ClN4O4. The average Bonchev–Trinajstić information content (AvgIpc) is 2.70. The van der Waals surface area contributed by atoms with Crippen LogP contribution in [0.3, 0.4) is 0 Å². The summed E-state index contributed by atoms with van der Waals surface area (Å²) in [5, 5.41) is 3.71. The first-order chi connectivity index (χ1) is 15.0. The predicted octanol–water partition coefficient (Wildman–Crippen LogP) is 3.21. The van der Waals surface area contributed by atoms with E-state index in [1.807, 2.05) is 0 Å². The van der Waals surface area contributed by atoms with Crippen LogP contribution in [0.15, 0.2) is 41.3 Å². The van der Waals surface area contributed by atoms with Crippen molar-refractivity contribution in [2.24, 2.45) is 0 Å². The Balaban J connectivity index is 2.02. The minimum absolute atomic E-state index is 0.144. The largest absolute Gasteiger partial charge is 0.459 e. The summed E-state index contributed by atoms with van der Waals surface area (Å²) in [7, 11) is 0. The predicted molar refractivity (Wildman–Crippen MR) is 124 cm³/mol. The number of anilines is 1. The molecule has 3 rings (SSSR count). The van der Waals surface area contributed by atoms with E-state index >= 15 is 0 Å². The van der Waals surface area contributed by atoms with Gasteiger partial charge in [-0.3, -0.25) is 19.0 Å². The van der Waals surface area contributed by atoms with Gasteiger partial charge < -0.3 is 15.8 Å². The molecule has 0 atom stereocenters. The third-order valence-corrected chi connectivity index (χ3v) is 4.93. The summed E-state index contributed by atoms with van der Waals surface area (Å²) in [6.45, 7) is 6.75. The molecule has 0 fully saturated rings. The molecule has 0 bridgehead atoms. The van der Waals surface area contributed by atoms with Crippen LogP contribution in [0.4, 0.5) is 5.69 Å². The molecule has 1 aromatic carbocycles. The number of hydrogen-bond donors (Lipinski definition) is 2. The van der Waals surface area contributed by atoms with Crippen LogP contribution in [0.25, 0.3) is 11.0 Å². The molecule has 0 radical (unpaired) electrons. The van der Waals surface area contributed by atoms with Crippen molar-refractivity contribution in [3.8, 4) is 0 Å². The van der Waals surface area contributed by atoms with Gasteiger partial charge in [-0.2, -0.15) is 0 Å². The lowest BCUT2D eigenvalue weighted by Gasteiger charge is -2.20. The number of nitrogens with two attached hydrogens (primary N) is 1. The van der Waals surface area contributed by atoms with E-state index in [1.165, 1.54) is 12.3 Å². The van der Waals surface area contributed by atoms with Gasteiger partial charge in [0.05, 0.1) is 0 Å². The number of fused-ring (bicyclic) bond motifs is 1. The van der Waals surface area contributed by atoms with E-state index in [2.05, 4.69) is 10.3 Å². The van der Waals surface area contributed by atoms with Crippen molar-refractivity contribution in [2.75, 3.05) is 5.73 Å². The quantitative estimate of drug-likeness (QED) is 0.569. The van der Waals surface area contributed by atoms with Crippen LogP contribution in [-0.4, -0.2) is 27.0 Å². The van der Waals surface area contributed by atoms with Gasteiger partial charge in [-0.05, 0) is 57.0 Å². The number of carbonyl (C=O) groups is 2. The molecule has 2 heterocycles. The number of aromatic nitrogens is 2. The number of carbonyl (C=O) groups excluding carboxylic acids is 2. The highest BCUT2D eigenvalue weighted by atomic mass is 35.5. The van der Waals surface area contributed by atoms with Gasteiger partial charge in [-0.15, -0.1) is 0 Å². The molecule has 1 amide bonds. The smallest absolute Gasteiger partial charge is 0.326 e. The van der Waals surface area contributed by atoms with E-state index in [4.69, 9.17) is 22.1 Å². The Hall–Kier alpha value is -3.39. The number of nitrogen functional groups attached to an aromatic ring is 1. The third kappa shape index (κ3) is 5.26. The van der Waals surface area contributed by atoms with Crippen molar-refractivity contribution in [1.29, 1.82) is 0 Å². The van der Waals surface area contributed by atoms with Gasteiger partial charge in [0.15, 0.2) is 0 Å². The number of esters is 1. The number of benzene rings is 1. The van der Waals surface area contributed by atoms with E-state index in [0.29, 0.717) is 21.7 Å². The molecule has 0 aliphatic rings. The minimum Gasteiger partial charge on any atom is -0.459 e. The summed E-state index contributed by atoms with van der Waals surface area (Å²) >= 11 is 5.89. The van der Waals surface area contributed by atoms with Gasteiger partial charge in [0.1, 0.15) is 23.4 Å². The molecule has 3 aromatic rings. The van der Waals surface area contributed by atoms with E-state index in [1.54, 1.807) is 52.0 Å². The lowest BCUT2D eigenvalue weighted by atomic mass is 10.1. The maximum Gasteiger partial charge on any atom is 0.326 e. The lowest BCUT2D eigenvalue weighted by Crippen LogP contribution is -2.36. The van der Waals surface area contributed by atoms with E-state index in [-0.39, 0.29) is 17.8 Å². The van der Waals surface area contributed by atoms with Crippen molar-refractivity contribution in [3.63, 3.8) is 0 Å². The molecule has 0 spiro atoms. The molecular weight excluding hydrogens is 432 g/mol. The zero-order valence-corrected chi connectivity index (χ0v) is 19.1. The standard InChI is InChI=1S/C23H25ClN4O4/c1-13-10-26-20-16(19(13)25)9-17(21(30)27-11-14-5-7-15(24)8-6-14)22(31)28(20)12-18(29)32-23(2,3)4/h5-10H,11-12H2,1-4H3,(H2,25,26)(H,27,30). The fraction of sp³-hybridized carbons (Fsp3) is 0.304. The minimum atomic E-state index is -0.729. The molecule has 0 saturated heterocycles. The van der Waals surface area contributed by atoms with Gasteiger partial charge in [-0.25, -0.2) is 4.98 Å². The summed E-state index contributed by atoms with van der Waals surface area (Å²) in [4.78, 5) is 42.8. The maximum absolute atomic E-state index is 13.2. The Labute approximate surface area is 190 Å². The second-order valence-corrected chi connectivity index (χ2v) is 8.87. The van der Waals surface area contributed by atoms with Crippen molar-refractivity contribution >= 4 is 40.2 Å². The SMILES string of the molecule is Cc1cnc2c(cc(C(=O)NCc3ccc(Cl)cc3)c(=O)n2CC(=O)OC(C)(C)C)c1N. The summed E-state index contributed by atoms with van der Waals surface area (Å²) in [6, 6.07) is 8.38. The second kappa shape index (κ2) is 9.00. The number of nitrogens with one attached hydrogen (secondary N) is 1. The molecule has 32 heavy (non-hydrogen) atoms. The monoisotopic (exact) mass is 456 g/mol. The van der Waals surface area contributed by atoms with Gasteiger partial charge >= 0.3 is 5.97 Å². The molecule has 9 heteroatoms. The first-order valence-corrected chi connectivity index (χ1v) is 10.4. The Morgan fingerprint density at radius 1 is 1.22 bits per heavy atom. The molecule has 0 saturated carbocycles. The molecule has 168 valence electrons. The number of pyridine rings is 2.